The highest BCUT2D eigenvalue weighted by atomic mass is 32.1. The molecule has 1 heterocycles. The average molecular weight is 220 g/mol. The third kappa shape index (κ3) is 2.70. The molecule has 0 saturated carbocycles. The third-order valence-corrected chi connectivity index (χ3v) is 2.54. The van der Waals surface area contributed by atoms with Crippen molar-refractivity contribution in [2.75, 3.05) is 7.11 Å². The summed E-state index contributed by atoms with van der Waals surface area (Å²) in [4.78, 5) is 4.01. The van der Waals surface area contributed by atoms with Crippen molar-refractivity contribution in [3.05, 3.63) is 40.8 Å². The van der Waals surface area contributed by atoms with Crippen LogP contribution in [-0.2, 0) is 6.61 Å². The molecular formula is C11H10NO2S. The van der Waals surface area contributed by atoms with Gasteiger partial charge < -0.3 is 9.47 Å². The molecule has 0 N–H and O–H groups in total. The molecule has 0 aliphatic carbocycles. The molecule has 0 saturated heterocycles. The molecule has 0 bridgehead atoms. The maximum Gasteiger partial charge on any atom is 0.140 e. The van der Waals surface area contributed by atoms with E-state index in [0.29, 0.717) is 6.61 Å². The number of hydrogen-bond acceptors (Lipinski definition) is 4. The van der Waals surface area contributed by atoms with Gasteiger partial charge in [0.05, 0.1) is 7.11 Å². The van der Waals surface area contributed by atoms with Crippen LogP contribution in [0.3, 0.4) is 0 Å². The Bertz CT molecular complexity index is 414. The SMILES string of the molecule is COc1cccc(OCc2n[c]cs2)c1. The van der Waals surface area contributed by atoms with Crippen LogP contribution in [0.2, 0.25) is 0 Å². The molecule has 0 atom stereocenters. The van der Waals surface area contributed by atoms with Crippen LogP contribution >= 0.6 is 11.3 Å². The molecule has 0 aliphatic heterocycles. The number of ether oxygens (including phenoxy) is 2. The van der Waals surface area contributed by atoms with Gasteiger partial charge in [0.25, 0.3) is 0 Å². The fraction of sp³-hybridized carbons (Fsp3) is 0.182. The smallest absolute Gasteiger partial charge is 0.140 e. The van der Waals surface area contributed by atoms with Gasteiger partial charge in [0, 0.05) is 11.4 Å². The molecule has 0 fully saturated rings. The van der Waals surface area contributed by atoms with Gasteiger partial charge in [-0.3, -0.25) is 0 Å². The first-order valence-electron chi connectivity index (χ1n) is 4.46. The van der Waals surface area contributed by atoms with Crippen molar-refractivity contribution in [2.24, 2.45) is 0 Å². The van der Waals surface area contributed by atoms with Gasteiger partial charge in [0.15, 0.2) is 0 Å². The van der Waals surface area contributed by atoms with Crippen LogP contribution in [-0.4, -0.2) is 12.1 Å². The first-order chi connectivity index (χ1) is 7.38. The van der Waals surface area contributed by atoms with E-state index in [0.717, 1.165) is 16.5 Å². The van der Waals surface area contributed by atoms with Crippen LogP contribution in [0.4, 0.5) is 0 Å². The molecule has 3 nitrogen and oxygen atoms in total. The quantitative estimate of drug-likeness (QED) is 0.793. The Morgan fingerprint density at radius 2 is 2.27 bits per heavy atom. The Kier molecular flexibility index (Phi) is 3.19. The van der Waals surface area contributed by atoms with E-state index in [1.54, 1.807) is 7.11 Å². The first-order valence-corrected chi connectivity index (χ1v) is 5.34. The average Bonchev–Trinajstić information content (AvgIpc) is 2.79. The maximum absolute atomic E-state index is 5.54. The van der Waals surface area contributed by atoms with Crippen molar-refractivity contribution in [1.29, 1.82) is 0 Å². The van der Waals surface area contributed by atoms with E-state index >= 15 is 0 Å². The summed E-state index contributed by atoms with van der Waals surface area (Å²) in [6.45, 7) is 0.474. The Balaban J connectivity index is 1.98. The molecule has 1 aromatic heterocycles. The van der Waals surface area contributed by atoms with E-state index in [9.17, 15) is 0 Å². The van der Waals surface area contributed by atoms with E-state index in [4.69, 9.17) is 9.47 Å². The van der Waals surface area contributed by atoms with Crippen LogP contribution in [0.15, 0.2) is 29.6 Å². The maximum atomic E-state index is 5.54. The Labute approximate surface area is 92.3 Å². The van der Waals surface area contributed by atoms with Crippen molar-refractivity contribution in [3.63, 3.8) is 0 Å². The number of methoxy groups -OCH3 is 1. The van der Waals surface area contributed by atoms with Gasteiger partial charge in [0.2, 0.25) is 0 Å². The normalized spacial score (nSPS) is 9.93. The van der Waals surface area contributed by atoms with Gasteiger partial charge in [-0.1, -0.05) is 6.07 Å². The van der Waals surface area contributed by atoms with Crippen LogP contribution in [0.1, 0.15) is 5.01 Å². The van der Waals surface area contributed by atoms with Crippen molar-refractivity contribution in [1.82, 2.24) is 4.98 Å². The Hall–Kier alpha value is -1.55. The topological polar surface area (TPSA) is 31.4 Å². The highest BCUT2D eigenvalue weighted by Crippen LogP contribution is 2.20. The van der Waals surface area contributed by atoms with Gasteiger partial charge in [-0.25, -0.2) is 4.98 Å². The zero-order valence-corrected chi connectivity index (χ0v) is 9.08. The van der Waals surface area contributed by atoms with Crippen LogP contribution in [0, 0.1) is 6.20 Å². The summed E-state index contributed by atoms with van der Waals surface area (Å²) in [6.07, 6.45) is 2.75. The van der Waals surface area contributed by atoms with Gasteiger partial charge in [-0.05, 0) is 12.1 Å². The molecular weight excluding hydrogens is 210 g/mol. The molecule has 4 heteroatoms. The van der Waals surface area contributed by atoms with Crippen molar-refractivity contribution in [3.8, 4) is 11.5 Å². The van der Waals surface area contributed by atoms with Crippen molar-refractivity contribution >= 4 is 11.3 Å². The fourth-order valence-corrected chi connectivity index (χ4v) is 1.60. The lowest BCUT2D eigenvalue weighted by Crippen LogP contribution is -1.94. The van der Waals surface area contributed by atoms with Crippen molar-refractivity contribution < 1.29 is 9.47 Å². The van der Waals surface area contributed by atoms with Gasteiger partial charge >= 0.3 is 0 Å². The molecule has 2 aromatic rings. The number of hydrogen-bond donors (Lipinski definition) is 0. The second-order valence-corrected chi connectivity index (χ2v) is 3.78. The molecule has 15 heavy (non-hydrogen) atoms. The summed E-state index contributed by atoms with van der Waals surface area (Å²) in [5.74, 6) is 1.57. The lowest BCUT2D eigenvalue weighted by molar-refractivity contribution is 0.303. The standard InChI is InChI=1S/C11H10NO2S/c1-13-9-3-2-4-10(7-9)14-8-11-12-5-6-15-11/h2-4,6-7H,8H2,1H3. The predicted molar refractivity (Wildman–Crippen MR) is 58.3 cm³/mol. The monoisotopic (exact) mass is 220 g/mol. The molecule has 1 radical (unpaired) electrons. The molecule has 1 aromatic carbocycles. The predicted octanol–water partition coefficient (Wildman–Crippen LogP) is 2.53. The third-order valence-electron chi connectivity index (χ3n) is 1.84. The minimum Gasteiger partial charge on any atom is -0.497 e. The van der Waals surface area contributed by atoms with E-state index in [1.807, 2.05) is 29.6 Å². The number of thiazole rings is 1. The summed E-state index contributed by atoms with van der Waals surface area (Å²) in [5.41, 5.74) is 0. The molecule has 0 unspecified atom stereocenters. The van der Waals surface area contributed by atoms with E-state index in [-0.39, 0.29) is 0 Å². The van der Waals surface area contributed by atoms with Gasteiger partial charge in [0.1, 0.15) is 29.3 Å². The summed E-state index contributed by atoms with van der Waals surface area (Å²) < 4.78 is 10.6. The summed E-state index contributed by atoms with van der Waals surface area (Å²) in [5, 5.41) is 2.72. The molecule has 0 amide bonds. The zero-order chi connectivity index (χ0) is 10.5. The van der Waals surface area contributed by atoms with E-state index in [1.165, 1.54) is 11.3 Å². The van der Waals surface area contributed by atoms with Crippen LogP contribution in [0.5, 0.6) is 11.5 Å². The largest absolute Gasteiger partial charge is 0.497 e. The minimum absolute atomic E-state index is 0.474. The number of aromatic nitrogens is 1. The Morgan fingerprint density at radius 3 is 3.00 bits per heavy atom. The van der Waals surface area contributed by atoms with E-state index in [2.05, 4.69) is 11.2 Å². The van der Waals surface area contributed by atoms with Crippen molar-refractivity contribution in [2.45, 2.75) is 6.61 Å². The number of nitrogens with zero attached hydrogens (tertiary/aromatic N) is 1. The second-order valence-electron chi connectivity index (χ2n) is 2.84. The Morgan fingerprint density at radius 1 is 1.40 bits per heavy atom. The fourth-order valence-electron chi connectivity index (χ4n) is 1.12. The highest BCUT2D eigenvalue weighted by molar-refractivity contribution is 7.09. The lowest BCUT2D eigenvalue weighted by atomic mass is 10.3. The van der Waals surface area contributed by atoms with E-state index < -0.39 is 0 Å². The summed E-state index contributed by atoms with van der Waals surface area (Å²) >= 11 is 1.53. The lowest BCUT2D eigenvalue weighted by Gasteiger charge is -2.05. The summed E-state index contributed by atoms with van der Waals surface area (Å²) in [6, 6.07) is 7.50. The second kappa shape index (κ2) is 4.79. The van der Waals surface area contributed by atoms with Crippen LogP contribution in [0.25, 0.3) is 0 Å². The molecule has 2 rings (SSSR count). The molecule has 77 valence electrons. The highest BCUT2D eigenvalue weighted by Gasteiger charge is 1.99. The molecule has 0 spiro atoms. The molecule has 0 aliphatic rings. The van der Waals surface area contributed by atoms with Crippen LogP contribution < -0.4 is 9.47 Å². The summed E-state index contributed by atoms with van der Waals surface area (Å²) in [7, 11) is 1.63. The number of benzene rings is 1. The minimum atomic E-state index is 0.474. The number of rotatable bonds is 4. The zero-order valence-electron chi connectivity index (χ0n) is 8.27. The van der Waals surface area contributed by atoms with Gasteiger partial charge in [-0.15, -0.1) is 11.3 Å². The first kappa shape index (κ1) is 9.98. The van der Waals surface area contributed by atoms with Gasteiger partial charge in [-0.2, -0.15) is 0 Å².